The van der Waals surface area contributed by atoms with Crippen LogP contribution in [0.2, 0.25) is 5.02 Å². The maximum Gasteiger partial charge on any atom is 0.387 e. The Balaban J connectivity index is 2.12. The number of alkyl halides is 2. The average molecular weight is 371 g/mol. The van der Waals surface area contributed by atoms with Crippen LogP contribution in [0.3, 0.4) is 0 Å². The largest absolute Gasteiger partial charge is 0.435 e. The van der Waals surface area contributed by atoms with Crippen molar-refractivity contribution in [3.05, 3.63) is 68.7 Å². The third-order valence-corrected chi connectivity index (χ3v) is 3.69. The van der Waals surface area contributed by atoms with Crippen molar-refractivity contribution in [2.24, 2.45) is 0 Å². The van der Waals surface area contributed by atoms with Gasteiger partial charge in [0.05, 0.1) is 4.92 Å². The van der Waals surface area contributed by atoms with Gasteiger partial charge >= 0.3 is 6.61 Å². The molecule has 2 aromatic rings. The number of ether oxygens (including phenoxy) is 1. The number of halogens is 3. The van der Waals surface area contributed by atoms with E-state index in [1.165, 1.54) is 54.4 Å². The first-order valence-electron chi connectivity index (χ1n) is 7.01. The second-order valence-corrected chi connectivity index (χ2v) is 5.50. The van der Waals surface area contributed by atoms with Gasteiger partial charge in [0, 0.05) is 36.3 Å². The molecule has 0 fully saturated rings. The summed E-state index contributed by atoms with van der Waals surface area (Å²) in [5.74, 6) is -0.456. The topological polar surface area (TPSA) is 72.7 Å². The molecule has 132 valence electrons. The van der Waals surface area contributed by atoms with Crippen LogP contribution in [0.25, 0.3) is 0 Å². The fourth-order valence-electron chi connectivity index (χ4n) is 2.12. The first-order valence-corrected chi connectivity index (χ1v) is 7.39. The molecule has 9 heteroatoms. The van der Waals surface area contributed by atoms with E-state index >= 15 is 0 Å². The van der Waals surface area contributed by atoms with Gasteiger partial charge in [-0.25, -0.2) is 0 Å². The summed E-state index contributed by atoms with van der Waals surface area (Å²) in [7, 11) is 1.50. The van der Waals surface area contributed by atoms with Crippen molar-refractivity contribution >= 4 is 23.2 Å². The summed E-state index contributed by atoms with van der Waals surface area (Å²) in [6, 6.07) is 9.18. The third kappa shape index (κ3) is 4.87. The number of nitro groups is 1. The van der Waals surface area contributed by atoms with Crippen molar-refractivity contribution in [3.8, 4) is 5.75 Å². The lowest BCUT2D eigenvalue weighted by Gasteiger charge is -2.18. The highest BCUT2D eigenvalue weighted by Gasteiger charge is 2.16. The van der Waals surface area contributed by atoms with Crippen LogP contribution in [0.5, 0.6) is 5.75 Å². The van der Waals surface area contributed by atoms with E-state index in [9.17, 15) is 23.7 Å². The molecule has 0 saturated carbocycles. The maximum absolute atomic E-state index is 12.4. The maximum atomic E-state index is 12.4. The molecule has 25 heavy (non-hydrogen) atoms. The van der Waals surface area contributed by atoms with Crippen LogP contribution in [0.15, 0.2) is 42.5 Å². The first kappa shape index (κ1) is 18.6. The molecule has 0 aromatic heterocycles. The number of rotatable bonds is 6. The van der Waals surface area contributed by atoms with Gasteiger partial charge in [0.25, 0.3) is 11.6 Å². The van der Waals surface area contributed by atoms with Crippen LogP contribution >= 0.6 is 11.6 Å². The molecule has 2 aromatic carbocycles. The van der Waals surface area contributed by atoms with Gasteiger partial charge in [-0.15, -0.1) is 0 Å². The smallest absolute Gasteiger partial charge is 0.387 e. The SMILES string of the molecule is CN(Cc1cc([N+](=O)[O-])ccc1Cl)C(=O)c1ccc(OC(F)F)cc1. The summed E-state index contributed by atoms with van der Waals surface area (Å²) in [6.45, 7) is -2.89. The minimum Gasteiger partial charge on any atom is -0.435 e. The van der Waals surface area contributed by atoms with Crippen LogP contribution < -0.4 is 4.74 Å². The summed E-state index contributed by atoms with van der Waals surface area (Å²) in [5, 5.41) is 11.1. The minimum absolute atomic E-state index is 0.0502. The van der Waals surface area contributed by atoms with Gasteiger partial charge in [0.1, 0.15) is 5.75 Å². The van der Waals surface area contributed by atoms with Crippen molar-refractivity contribution in [3.63, 3.8) is 0 Å². The standard InChI is InChI=1S/C16H13ClF2N2O4/c1-20(9-11-8-12(21(23)24)4-7-14(11)17)15(22)10-2-5-13(6-3-10)25-16(18)19/h2-8,16H,9H2,1H3. The van der Waals surface area contributed by atoms with E-state index in [0.717, 1.165) is 0 Å². The van der Waals surface area contributed by atoms with E-state index in [4.69, 9.17) is 11.6 Å². The summed E-state index contributed by atoms with van der Waals surface area (Å²) in [4.78, 5) is 24.0. The molecule has 0 unspecified atom stereocenters. The van der Waals surface area contributed by atoms with Crippen LogP contribution in [0.1, 0.15) is 15.9 Å². The third-order valence-electron chi connectivity index (χ3n) is 3.32. The van der Waals surface area contributed by atoms with Crippen LogP contribution in [-0.4, -0.2) is 29.4 Å². The number of amides is 1. The molecule has 0 aliphatic heterocycles. The fraction of sp³-hybridized carbons (Fsp3) is 0.188. The minimum atomic E-state index is -2.94. The van der Waals surface area contributed by atoms with E-state index in [1.807, 2.05) is 0 Å². The zero-order chi connectivity index (χ0) is 18.6. The highest BCUT2D eigenvalue weighted by atomic mass is 35.5. The Morgan fingerprint density at radius 1 is 1.28 bits per heavy atom. The number of nitrogens with zero attached hydrogens (tertiary/aromatic N) is 2. The summed E-state index contributed by atoms with van der Waals surface area (Å²) < 4.78 is 28.5. The molecule has 0 atom stereocenters. The second-order valence-electron chi connectivity index (χ2n) is 5.10. The predicted octanol–water partition coefficient (Wildman–Crippen LogP) is 4.12. The molecule has 0 N–H and O–H groups in total. The summed E-state index contributed by atoms with van der Waals surface area (Å²) in [6.07, 6.45) is 0. The molecule has 0 radical (unpaired) electrons. The highest BCUT2D eigenvalue weighted by molar-refractivity contribution is 6.31. The Labute approximate surface area is 146 Å². The molecule has 1 amide bonds. The molecule has 0 spiro atoms. The Kier molecular flexibility index (Phi) is 5.87. The van der Waals surface area contributed by atoms with Crippen molar-refractivity contribution in [2.75, 3.05) is 7.05 Å². The van der Waals surface area contributed by atoms with Crippen LogP contribution in [0, 0.1) is 10.1 Å². The molecule has 0 aliphatic rings. The van der Waals surface area contributed by atoms with Gasteiger partial charge in [-0.05, 0) is 35.9 Å². The number of non-ortho nitro benzene ring substituents is 1. The van der Waals surface area contributed by atoms with Gasteiger partial charge in [0.2, 0.25) is 0 Å². The van der Waals surface area contributed by atoms with Gasteiger partial charge in [-0.3, -0.25) is 14.9 Å². The van der Waals surface area contributed by atoms with E-state index in [-0.39, 0.29) is 23.5 Å². The number of carbonyl (C=O) groups excluding carboxylic acids is 1. The van der Waals surface area contributed by atoms with Crippen molar-refractivity contribution < 1.29 is 23.2 Å². The number of hydrogen-bond acceptors (Lipinski definition) is 4. The molecule has 0 aliphatic carbocycles. The molecule has 6 nitrogen and oxygen atoms in total. The Morgan fingerprint density at radius 2 is 1.92 bits per heavy atom. The van der Waals surface area contributed by atoms with E-state index in [2.05, 4.69) is 4.74 Å². The fourth-order valence-corrected chi connectivity index (χ4v) is 2.30. The first-order chi connectivity index (χ1) is 11.8. The predicted molar refractivity (Wildman–Crippen MR) is 87.0 cm³/mol. The molecular weight excluding hydrogens is 358 g/mol. The lowest BCUT2D eigenvalue weighted by Crippen LogP contribution is -2.26. The van der Waals surface area contributed by atoms with Crippen LogP contribution in [-0.2, 0) is 6.54 Å². The monoisotopic (exact) mass is 370 g/mol. The van der Waals surface area contributed by atoms with Gasteiger partial charge in [-0.2, -0.15) is 8.78 Å². The summed E-state index contributed by atoms with van der Waals surface area (Å²) in [5.41, 5.74) is 0.545. The Hall–Kier alpha value is -2.74. The average Bonchev–Trinajstić information content (AvgIpc) is 2.56. The number of carbonyl (C=O) groups is 1. The zero-order valence-electron chi connectivity index (χ0n) is 13.0. The van der Waals surface area contributed by atoms with Crippen molar-refractivity contribution in [2.45, 2.75) is 13.2 Å². The zero-order valence-corrected chi connectivity index (χ0v) is 13.7. The lowest BCUT2D eigenvalue weighted by atomic mass is 10.1. The normalized spacial score (nSPS) is 10.6. The highest BCUT2D eigenvalue weighted by Crippen LogP contribution is 2.24. The quantitative estimate of drug-likeness (QED) is 0.566. The van der Waals surface area contributed by atoms with E-state index in [1.54, 1.807) is 0 Å². The molecule has 0 heterocycles. The molecular formula is C16H13ClF2N2O4. The van der Waals surface area contributed by atoms with Crippen molar-refractivity contribution in [1.29, 1.82) is 0 Å². The summed E-state index contributed by atoms with van der Waals surface area (Å²) >= 11 is 6.02. The number of benzene rings is 2. The number of hydrogen-bond donors (Lipinski definition) is 0. The van der Waals surface area contributed by atoms with Gasteiger partial charge < -0.3 is 9.64 Å². The molecule has 0 saturated heterocycles. The Morgan fingerprint density at radius 3 is 2.48 bits per heavy atom. The second kappa shape index (κ2) is 7.89. The van der Waals surface area contributed by atoms with Gasteiger partial charge in [-0.1, -0.05) is 11.6 Å². The molecule has 0 bridgehead atoms. The Bertz CT molecular complexity index is 784. The van der Waals surface area contributed by atoms with Gasteiger partial charge in [0.15, 0.2) is 0 Å². The molecule has 2 rings (SSSR count). The number of nitro benzene ring substituents is 1. The van der Waals surface area contributed by atoms with Crippen LogP contribution in [0.4, 0.5) is 14.5 Å². The van der Waals surface area contributed by atoms with E-state index in [0.29, 0.717) is 10.6 Å². The lowest BCUT2D eigenvalue weighted by molar-refractivity contribution is -0.384. The van der Waals surface area contributed by atoms with Crippen molar-refractivity contribution in [1.82, 2.24) is 4.90 Å². The van der Waals surface area contributed by atoms with E-state index < -0.39 is 17.4 Å².